The van der Waals surface area contributed by atoms with Gasteiger partial charge in [-0.15, -0.1) is 0 Å². The number of nitrogens with one attached hydrogen (secondary N) is 1. The molecule has 0 fully saturated rings. The number of aryl methyl sites for hydroxylation is 1. The number of carbonyl (C=O) groups is 2. The van der Waals surface area contributed by atoms with E-state index in [9.17, 15) is 22.8 Å². The first-order valence-electron chi connectivity index (χ1n) is 6.97. The van der Waals surface area contributed by atoms with E-state index >= 15 is 0 Å². The van der Waals surface area contributed by atoms with Crippen molar-refractivity contribution in [3.8, 4) is 0 Å². The lowest BCUT2D eigenvalue weighted by molar-refractivity contribution is -0.137. The summed E-state index contributed by atoms with van der Waals surface area (Å²) in [5, 5.41) is 2.43. The molecule has 128 valence electrons. The lowest BCUT2D eigenvalue weighted by atomic mass is 9.89. The molecule has 1 unspecified atom stereocenters. The van der Waals surface area contributed by atoms with Gasteiger partial charge in [0.05, 0.1) is 5.56 Å². The first-order valence-corrected chi connectivity index (χ1v) is 6.97. The maximum Gasteiger partial charge on any atom is 0.416 e. The summed E-state index contributed by atoms with van der Waals surface area (Å²) in [5.74, 6) is -1.59. The van der Waals surface area contributed by atoms with Crippen LogP contribution in [0.1, 0.15) is 28.5 Å². The van der Waals surface area contributed by atoms with Crippen LogP contribution < -0.4 is 11.1 Å². The van der Waals surface area contributed by atoms with Crippen LogP contribution in [-0.4, -0.2) is 16.4 Å². The van der Waals surface area contributed by atoms with Crippen molar-refractivity contribution in [2.24, 2.45) is 12.8 Å². The Morgan fingerprint density at radius 1 is 1.12 bits per heavy atom. The SMILES string of the molecule is Cn1cccc1C(=O)NC(C)(C(N)=O)c1cccc(C(F)(F)F)c1. The fourth-order valence-corrected chi connectivity index (χ4v) is 2.27. The molecule has 1 atom stereocenters. The van der Waals surface area contributed by atoms with Crippen molar-refractivity contribution in [2.75, 3.05) is 0 Å². The molecule has 0 saturated carbocycles. The minimum atomic E-state index is -4.57. The second-order valence-corrected chi connectivity index (χ2v) is 5.53. The predicted molar refractivity (Wildman–Crippen MR) is 80.9 cm³/mol. The highest BCUT2D eigenvalue weighted by Gasteiger charge is 2.38. The molecule has 0 aliphatic rings. The Morgan fingerprint density at radius 3 is 2.25 bits per heavy atom. The number of primary amides is 1. The Morgan fingerprint density at radius 2 is 1.75 bits per heavy atom. The van der Waals surface area contributed by atoms with E-state index in [4.69, 9.17) is 5.73 Å². The number of nitrogens with two attached hydrogens (primary N) is 1. The van der Waals surface area contributed by atoms with Crippen LogP contribution in [-0.2, 0) is 23.6 Å². The molecule has 2 amide bonds. The van der Waals surface area contributed by atoms with Crippen molar-refractivity contribution in [3.05, 3.63) is 59.4 Å². The molecule has 5 nitrogen and oxygen atoms in total. The Kier molecular flexibility index (Phi) is 4.42. The normalized spacial score (nSPS) is 14.0. The maximum atomic E-state index is 12.9. The highest BCUT2D eigenvalue weighted by Crippen LogP contribution is 2.32. The first-order chi connectivity index (χ1) is 11.1. The van der Waals surface area contributed by atoms with Crippen LogP contribution in [0.2, 0.25) is 0 Å². The van der Waals surface area contributed by atoms with Gasteiger partial charge in [0.2, 0.25) is 5.91 Å². The largest absolute Gasteiger partial charge is 0.416 e. The third-order valence-corrected chi connectivity index (χ3v) is 3.80. The molecule has 8 heteroatoms. The van der Waals surface area contributed by atoms with Crippen molar-refractivity contribution in [2.45, 2.75) is 18.6 Å². The van der Waals surface area contributed by atoms with Gasteiger partial charge >= 0.3 is 6.18 Å². The number of halogens is 3. The molecule has 0 aliphatic carbocycles. The van der Waals surface area contributed by atoms with Gasteiger partial charge in [0.15, 0.2) is 0 Å². The number of alkyl halides is 3. The van der Waals surface area contributed by atoms with Crippen molar-refractivity contribution >= 4 is 11.8 Å². The van der Waals surface area contributed by atoms with E-state index in [1.165, 1.54) is 23.6 Å². The number of carbonyl (C=O) groups excluding carboxylic acids is 2. The molecule has 3 N–H and O–H groups in total. The number of amides is 2. The molecule has 1 aromatic carbocycles. The fourth-order valence-electron chi connectivity index (χ4n) is 2.27. The van der Waals surface area contributed by atoms with Crippen molar-refractivity contribution < 1.29 is 22.8 Å². The van der Waals surface area contributed by atoms with Gasteiger partial charge in [0, 0.05) is 13.2 Å². The summed E-state index contributed by atoms with van der Waals surface area (Å²) in [7, 11) is 1.63. The van der Waals surface area contributed by atoms with Crippen LogP contribution in [0.25, 0.3) is 0 Å². The lowest BCUT2D eigenvalue weighted by Crippen LogP contribution is -2.53. The zero-order valence-electron chi connectivity index (χ0n) is 13.0. The number of hydrogen-bond donors (Lipinski definition) is 2. The van der Waals surface area contributed by atoms with Gasteiger partial charge < -0.3 is 15.6 Å². The smallest absolute Gasteiger partial charge is 0.367 e. The molecular weight excluding hydrogens is 323 g/mol. The Balaban J connectivity index is 2.43. The number of hydrogen-bond acceptors (Lipinski definition) is 2. The average Bonchev–Trinajstić information content (AvgIpc) is 2.92. The minimum absolute atomic E-state index is 0.0487. The van der Waals surface area contributed by atoms with Gasteiger partial charge in [-0.25, -0.2) is 0 Å². The third kappa shape index (κ3) is 3.27. The molecular formula is C16H16F3N3O2. The zero-order chi connectivity index (χ0) is 18.1. The summed E-state index contributed by atoms with van der Waals surface area (Å²) in [6, 6.07) is 7.29. The molecule has 24 heavy (non-hydrogen) atoms. The summed E-state index contributed by atoms with van der Waals surface area (Å²) < 4.78 is 40.2. The highest BCUT2D eigenvalue weighted by atomic mass is 19.4. The summed E-state index contributed by atoms with van der Waals surface area (Å²) in [5.41, 5.74) is 2.84. The number of aromatic nitrogens is 1. The van der Waals surface area contributed by atoms with Crippen LogP contribution in [0.15, 0.2) is 42.6 Å². The number of nitrogens with zero attached hydrogens (tertiary/aromatic N) is 1. The molecule has 0 radical (unpaired) electrons. The van der Waals surface area contributed by atoms with Crippen LogP contribution >= 0.6 is 0 Å². The maximum absolute atomic E-state index is 12.9. The first kappa shape index (κ1) is 17.6. The van der Waals surface area contributed by atoms with Gasteiger partial charge in [0.1, 0.15) is 11.2 Å². The molecule has 2 rings (SSSR count). The molecule has 0 bridgehead atoms. The minimum Gasteiger partial charge on any atom is -0.367 e. The van der Waals surface area contributed by atoms with Crippen LogP contribution in [0, 0.1) is 0 Å². The van der Waals surface area contributed by atoms with Crippen LogP contribution in [0.5, 0.6) is 0 Å². The van der Waals surface area contributed by atoms with E-state index in [0.29, 0.717) is 0 Å². The van der Waals surface area contributed by atoms with Gasteiger partial charge in [-0.1, -0.05) is 12.1 Å². The monoisotopic (exact) mass is 339 g/mol. The molecule has 1 aromatic heterocycles. The Labute approximate surface area is 136 Å². The van der Waals surface area contributed by atoms with Gasteiger partial charge in [-0.2, -0.15) is 13.2 Å². The highest BCUT2D eigenvalue weighted by molar-refractivity contribution is 5.98. The van der Waals surface area contributed by atoms with Gasteiger partial charge in [0.25, 0.3) is 5.91 Å². The van der Waals surface area contributed by atoms with E-state index in [2.05, 4.69) is 5.32 Å². The average molecular weight is 339 g/mol. The quantitative estimate of drug-likeness (QED) is 0.896. The summed E-state index contributed by atoms with van der Waals surface area (Å²) >= 11 is 0. The number of benzene rings is 1. The summed E-state index contributed by atoms with van der Waals surface area (Å²) in [6.07, 6.45) is -2.95. The molecule has 2 aromatic rings. The van der Waals surface area contributed by atoms with Crippen molar-refractivity contribution in [1.29, 1.82) is 0 Å². The standard InChI is InChI=1S/C16H16F3N3O2/c1-15(14(20)24,21-13(23)12-7-4-8-22(12)2)10-5-3-6-11(9-10)16(17,18)19/h3-9H,1-2H3,(H2,20,24)(H,21,23). The van der Waals surface area contributed by atoms with Gasteiger partial charge in [-0.3, -0.25) is 9.59 Å². The van der Waals surface area contributed by atoms with Crippen LogP contribution in [0.3, 0.4) is 0 Å². The summed E-state index contributed by atoms with van der Waals surface area (Å²) in [4.78, 5) is 24.2. The van der Waals surface area contributed by atoms with E-state index in [0.717, 1.165) is 18.2 Å². The summed E-state index contributed by atoms with van der Waals surface area (Å²) in [6.45, 7) is 1.27. The second kappa shape index (κ2) is 6.03. The predicted octanol–water partition coefficient (Wildman–Crippen LogP) is 2.17. The second-order valence-electron chi connectivity index (χ2n) is 5.53. The zero-order valence-corrected chi connectivity index (χ0v) is 13.0. The van der Waals surface area contributed by atoms with Crippen molar-refractivity contribution in [3.63, 3.8) is 0 Å². The van der Waals surface area contributed by atoms with E-state index in [1.54, 1.807) is 19.3 Å². The molecule has 0 aliphatic heterocycles. The Hall–Kier alpha value is -2.77. The molecule has 0 saturated heterocycles. The van der Waals surface area contributed by atoms with E-state index < -0.39 is 29.1 Å². The fraction of sp³-hybridized carbons (Fsp3) is 0.250. The van der Waals surface area contributed by atoms with E-state index in [-0.39, 0.29) is 11.3 Å². The third-order valence-electron chi connectivity index (χ3n) is 3.80. The van der Waals surface area contributed by atoms with Gasteiger partial charge in [-0.05, 0) is 36.8 Å². The van der Waals surface area contributed by atoms with Crippen molar-refractivity contribution in [1.82, 2.24) is 9.88 Å². The molecule has 1 heterocycles. The number of rotatable bonds is 4. The van der Waals surface area contributed by atoms with Crippen LogP contribution in [0.4, 0.5) is 13.2 Å². The topological polar surface area (TPSA) is 77.1 Å². The van der Waals surface area contributed by atoms with E-state index in [1.807, 2.05) is 0 Å². The Bertz CT molecular complexity index is 783. The lowest BCUT2D eigenvalue weighted by Gasteiger charge is -2.28. The molecule has 0 spiro atoms.